The van der Waals surface area contributed by atoms with Crippen LogP contribution >= 0.6 is 0 Å². The maximum absolute atomic E-state index is 5.52. The van der Waals surface area contributed by atoms with Gasteiger partial charge in [0.25, 0.3) is 0 Å². The van der Waals surface area contributed by atoms with Gasteiger partial charge >= 0.3 is 0 Å². The predicted octanol–water partition coefficient (Wildman–Crippen LogP) is 5.70. The van der Waals surface area contributed by atoms with Crippen LogP contribution in [0, 0.1) is 6.92 Å². The molecule has 0 amide bonds. The van der Waals surface area contributed by atoms with E-state index in [1.54, 1.807) is 0 Å². The second kappa shape index (κ2) is 10.7. The van der Waals surface area contributed by atoms with E-state index in [-0.39, 0.29) is 0 Å². The van der Waals surface area contributed by atoms with E-state index < -0.39 is 0 Å². The van der Waals surface area contributed by atoms with E-state index in [0.717, 1.165) is 62.9 Å². The number of morpholine rings is 1. The lowest BCUT2D eigenvalue weighted by atomic mass is 9.95. The van der Waals surface area contributed by atoms with Crippen LogP contribution in [-0.2, 0) is 17.7 Å². The minimum absolute atomic E-state index is 0.768. The number of nitrogens with zero attached hydrogens (tertiary/aromatic N) is 3. The Hall–Kier alpha value is -3.11. The third-order valence-corrected chi connectivity index (χ3v) is 6.46. The highest BCUT2D eigenvalue weighted by Gasteiger charge is 2.17. The van der Waals surface area contributed by atoms with Crippen molar-refractivity contribution in [2.24, 2.45) is 0 Å². The van der Waals surface area contributed by atoms with Gasteiger partial charge in [0.1, 0.15) is 0 Å². The Morgan fingerprint density at radius 2 is 1.97 bits per heavy atom. The van der Waals surface area contributed by atoms with Gasteiger partial charge in [-0.2, -0.15) is 0 Å². The first kappa shape index (κ1) is 23.1. The lowest BCUT2D eigenvalue weighted by Crippen LogP contribution is -2.36. The Bertz CT molecular complexity index is 1090. The molecule has 2 aromatic rings. The Balaban J connectivity index is 1.58. The monoisotopic (exact) mass is 441 g/mol. The van der Waals surface area contributed by atoms with Crippen LogP contribution in [0.1, 0.15) is 36.2 Å². The van der Waals surface area contributed by atoms with E-state index in [2.05, 4.69) is 91.8 Å². The normalized spacial score (nSPS) is 17.2. The molecule has 2 aliphatic rings. The number of allylic oxidation sites excluding steroid dienone is 5. The molecule has 4 nitrogen and oxygen atoms in total. The lowest BCUT2D eigenvalue weighted by molar-refractivity contribution is 0.122. The second-order valence-corrected chi connectivity index (χ2v) is 8.68. The van der Waals surface area contributed by atoms with Gasteiger partial charge in [-0.1, -0.05) is 56.0 Å². The molecule has 0 unspecified atom stereocenters. The largest absolute Gasteiger partial charge is 0.378 e. The Morgan fingerprint density at radius 3 is 2.73 bits per heavy atom. The van der Waals surface area contributed by atoms with E-state index in [1.807, 2.05) is 6.20 Å². The number of benzene rings is 1. The van der Waals surface area contributed by atoms with Crippen molar-refractivity contribution in [2.75, 3.05) is 37.7 Å². The summed E-state index contributed by atoms with van der Waals surface area (Å²) in [5, 5.41) is 0. The van der Waals surface area contributed by atoms with Crippen molar-refractivity contribution < 1.29 is 4.74 Å². The summed E-state index contributed by atoms with van der Waals surface area (Å²) in [7, 11) is 0. The van der Waals surface area contributed by atoms with Gasteiger partial charge in [-0.25, -0.2) is 0 Å². The van der Waals surface area contributed by atoms with Crippen molar-refractivity contribution in [3.05, 3.63) is 101 Å². The van der Waals surface area contributed by atoms with Crippen molar-refractivity contribution in [3.8, 4) is 0 Å². The van der Waals surface area contributed by atoms with Gasteiger partial charge in [0, 0.05) is 43.1 Å². The number of hydrogen-bond acceptors (Lipinski definition) is 4. The minimum atomic E-state index is 0.768. The highest BCUT2D eigenvalue weighted by atomic mass is 16.5. The Morgan fingerprint density at radius 1 is 1.18 bits per heavy atom. The van der Waals surface area contributed by atoms with Gasteiger partial charge in [0.15, 0.2) is 0 Å². The molecule has 3 heterocycles. The molecule has 0 N–H and O–H groups in total. The summed E-state index contributed by atoms with van der Waals surface area (Å²) in [6.07, 6.45) is 11.9. The van der Waals surface area contributed by atoms with Crippen molar-refractivity contribution in [1.82, 2.24) is 9.88 Å². The van der Waals surface area contributed by atoms with Gasteiger partial charge in [0.05, 0.1) is 25.1 Å². The molecule has 0 bridgehead atoms. The van der Waals surface area contributed by atoms with Gasteiger partial charge in [-0.05, 0) is 54.7 Å². The maximum Gasteiger partial charge on any atom is 0.0642 e. The van der Waals surface area contributed by atoms with Gasteiger partial charge in [-0.15, -0.1) is 0 Å². The molecule has 2 aliphatic heterocycles. The Labute approximate surface area is 198 Å². The van der Waals surface area contributed by atoms with Crippen molar-refractivity contribution >= 4 is 11.3 Å². The number of anilines is 1. The summed E-state index contributed by atoms with van der Waals surface area (Å²) >= 11 is 0. The average Bonchev–Trinajstić information content (AvgIpc) is 3.02. The summed E-state index contributed by atoms with van der Waals surface area (Å²) in [6.45, 7) is 15.9. The van der Waals surface area contributed by atoms with E-state index in [0.29, 0.717) is 0 Å². The zero-order valence-electron chi connectivity index (χ0n) is 20.2. The minimum Gasteiger partial charge on any atom is -0.378 e. The summed E-state index contributed by atoms with van der Waals surface area (Å²) < 4.78 is 5.52. The number of aryl methyl sites for hydroxylation is 2. The maximum atomic E-state index is 5.52. The first-order valence-electron chi connectivity index (χ1n) is 12.0. The van der Waals surface area contributed by atoms with Crippen LogP contribution in [0.5, 0.6) is 0 Å². The van der Waals surface area contributed by atoms with Crippen molar-refractivity contribution in [2.45, 2.75) is 33.7 Å². The first-order chi connectivity index (χ1) is 16.1. The molecule has 4 rings (SSSR count). The number of rotatable bonds is 6. The van der Waals surface area contributed by atoms with Gasteiger partial charge in [0.2, 0.25) is 0 Å². The summed E-state index contributed by atoms with van der Waals surface area (Å²) in [5.74, 6) is 0. The molecule has 1 fully saturated rings. The molecule has 4 heteroatoms. The fourth-order valence-corrected chi connectivity index (χ4v) is 4.51. The molecule has 1 aromatic carbocycles. The summed E-state index contributed by atoms with van der Waals surface area (Å²) in [6, 6.07) is 11.1. The highest BCUT2D eigenvalue weighted by Crippen LogP contribution is 2.31. The number of ether oxygens (including phenoxy) is 1. The zero-order valence-corrected chi connectivity index (χ0v) is 20.2. The van der Waals surface area contributed by atoms with E-state index in [1.165, 1.54) is 27.8 Å². The van der Waals surface area contributed by atoms with Crippen LogP contribution in [0.15, 0.2) is 78.7 Å². The van der Waals surface area contributed by atoms with Crippen LogP contribution in [0.2, 0.25) is 0 Å². The van der Waals surface area contributed by atoms with Crippen molar-refractivity contribution in [3.63, 3.8) is 0 Å². The van der Waals surface area contributed by atoms with Crippen LogP contribution < -0.4 is 4.90 Å². The summed E-state index contributed by atoms with van der Waals surface area (Å²) in [5.41, 5.74) is 9.48. The molecular formula is C29H35N3O. The standard InChI is InChI=1S/C29H35N3O/c1-5-24-9-7-10-25(18-24)21-32-12-8-11-26(17-22(32)3)28(6-2)29-19-27(20-30-23(29)4)31-13-15-33-16-14-31/h6-11,17-20H,3,5,12-16,21H2,1-2,4H3/b28-6-. The fraction of sp³-hybridized carbons (Fsp3) is 0.345. The number of pyridine rings is 1. The first-order valence-corrected chi connectivity index (χ1v) is 12.0. The smallest absolute Gasteiger partial charge is 0.0642 e. The fourth-order valence-electron chi connectivity index (χ4n) is 4.51. The molecule has 1 saturated heterocycles. The topological polar surface area (TPSA) is 28.6 Å². The molecule has 0 radical (unpaired) electrons. The second-order valence-electron chi connectivity index (χ2n) is 8.68. The quantitative estimate of drug-likeness (QED) is 0.575. The lowest BCUT2D eigenvalue weighted by Gasteiger charge is -2.29. The number of hydrogen-bond donors (Lipinski definition) is 0. The van der Waals surface area contributed by atoms with Crippen LogP contribution in [0.3, 0.4) is 0 Å². The van der Waals surface area contributed by atoms with Crippen LogP contribution in [-0.4, -0.2) is 42.7 Å². The molecule has 172 valence electrons. The molecular weight excluding hydrogens is 406 g/mol. The zero-order chi connectivity index (χ0) is 23.2. The van der Waals surface area contributed by atoms with E-state index in [9.17, 15) is 0 Å². The Kier molecular flexibility index (Phi) is 7.46. The van der Waals surface area contributed by atoms with Gasteiger partial charge < -0.3 is 14.5 Å². The average molecular weight is 442 g/mol. The molecule has 0 saturated carbocycles. The number of aromatic nitrogens is 1. The summed E-state index contributed by atoms with van der Waals surface area (Å²) in [4.78, 5) is 9.43. The SMILES string of the molecule is C=C1C=C(/C(=C/C)c2cc(N3CCOCC3)cnc2C)C=CCN1Cc1cccc(CC)c1. The van der Waals surface area contributed by atoms with E-state index in [4.69, 9.17) is 9.72 Å². The molecule has 1 aromatic heterocycles. The molecule has 0 atom stereocenters. The van der Waals surface area contributed by atoms with Crippen molar-refractivity contribution in [1.29, 1.82) is 0 Å². The third kappa shape index (κ3) is 5.45. The predicted molar refractivity (Wildman–Crippen MR) is 138 cm³/mol. The van der Waals surface area contributed by atoms with Gasteiger partial charge in [-0.3, -0.25) is 4.98 Å². The third-order valence-electron chi connectivity index (χ3n) is 6.46. The molecule has 33 heavy (non-hydrogen) atoms. The van der Waals surface area contributed by atoms with Crippen LogP contribution in [0.4, 0.5) is 5.69 Å². The highest BCUT2D eigenvalue weighted by molar-refractivity contribution is 5.84. The molecule has 0 spiro atoms. The van der Waals surface area contributed by atoms with E-state index >= 15 is 0 Å². The molecule has 0 aliphatic carbocycles. The van der Waals surface area contributed by atoms with Crippen LogP contribution in [0.25, 0.3) is 5.57 Å².